The van der Waals surface area contributed by atoms with Crippen LogP contribution < -0.4 is 0 Å². The van der Waals surface area contributed by atoms with Crippen LogP contribution in [0.3, 0.4) is 0 Å². The van der Waals surface area contributed by atoms with E-state index in [-0.39, 0.29) is 17.7 Å². The zero-order chi connectivity index (χ0) is 21.2. The molecule has 164 valence electrons. The van der Waals surface area contributed by atoms with Crippen molar-refractivity contribution in [2.75, 3.05) is 39.3 Å². The summed E-state index contributed by atoms with van der Waals surface area (Å²) in [6.45, 7) is 4.96. The smallest absolute Gasteiger partial charge is 0.254 e. The number of piperazine rings is 1. The van der Waals surface area contributed by atoms with Gasteiger partial charge in [-0.05, 0) is 42.5 Å². The van der Waals surface area contributed by atoms with Gasteiger partial charge in [-0.3, -0.25) is 14.5 Å². The maximum atomic E-state index is 13.3. The lowest BCUT2D eigenvalue weighted by Crippen LogP contribution is -2.54. The summed E-state index contributed by atoms with van der Waals surface area (Å²) in [7, 11) is 0. The van der Waals surface area contributed by atoms with Crippen LogP contribution in [0.2, 0.25) is 0 Å². The van der Waals surface area contributed by atoms with Crippen LogP contribution in [0.4, 0.5) is 0 Å². The second kappa shape index (κ2) is 8.99. The van der Waals surface area contributed by atoms with E-state index in [9.17, 15) is 9.59 Å². The number of carbonyl (C=O) groups excluding carboxylic acids is 2. The molecule has 0 aromatic heterocycles. The third-order valence-corrected chi connectivity index (χ3v) is 7.54. The molecular weight excluding hydrogens is 386 g/mol. The van der Waals surface area contributed by atoms with Gasteiger partial charge in [0.05, 0.1) is 5.92 Å². The predicted molar refractivity (Wildman–Crippen MR) is 123 cm³/mol. The molecule has 2 aliphatic heterocycles. The van der Waals surface area contributed by atoms with Crippen LogP contribution >= 0.6 is 0 Å². The summed E-state index contributed by atoms with van der Waals surface area (Å²) in [4.78, 5) is 33.2. The Bertz CT molecular complexity index is 939. The van der Waals surface area contributed by atoms with Gasteiger partial charge in [-0.25, -0.2) is 0 Å². The zero-order valence-corrected chi connectivity index (χ0v) is 18.3. The molecule has 3 fully saturated rings. The Kier molecular flexibility index (Phi) is 5.95. The van der Waals surface area contributed by atoms with Gasteiger partial charge in [-0.1, -0.05) is 49.2 Å². The predicted octanol–water partition coefficient (Wildman–Crippen LogP) is 3.78. The largest absolute Gasteiger partial charge is 0.340 e. The summed E-state index contributed by atoms with van der Waals surface area (Å²) in [5.74, 6) is 0.243. The van der Waals surface area contributed by atoms with E-state index >= 15 is 0 Å². The number of piperidine rings is 1. The molecule has 1 saturated carbocycles. The van der Waals surface area contributed by atoms with Crippen LogP contribution in [0, 0.1) is 5.92 Å². The highest BCUT2D eigenvalue weighted by Crippen LogP contribution is 2.27. The highest BCUT2D eigenvalue weighted by molar-refractivity contribution is 6.07. The van der Waals surface area contributed by atoms with Crippen molar-refractivity contribution in [3.05, 3.63) is 48.0 Å². The Morgan fingerprint density at radius 1 is 0.742 bits per heavy atom. The number of likely N-dealkylation sites (tertiary alicyclic amines) is 1. The molecule has 0 radical (unpaired) electrons. The van der Waals surface area contributed by atoms with Gasteiger partial charge >= 0.3 is 0 Å². The van der Waals surface area contributed by atoms with Crippen molar-refractivity contribution in [1.29, 1.82) is 0 Å². The lowest BCUT2D eigenvalue weighted by atomic mass is 9.94. The summed E-state index contributed by atoms with van der Waals surface area (Å²) in [6.07, 6.45) is 7.14. The fourth-order valence-electron chi connectivity index (χ4n) is 5.78. The highest BCUT2D eigenvalue weighted by atomic mass is 16.2. The van der Waals surface area contributed by atoms with E-state index in [0.717, 1.165) is 67.9 Å². The van der Waals surface area contributed by atoms with Gasteiger partial charge in [0, 0.05) is 50.9 Å². The Hall–Kier alpha value is -2.40. The average molecular weight is 420 g/mol. The normalized spacial score (nSPS) is 23.4. The van der Waals surface area contributed by atoms with E-state index in [2.05, 4.69) is 9.80 Å². The SMILES string of the molecule is O=C(c1cccc2ccccc12)N1CCCC(C(=O)N2CCN(C3CCCC3)CC2)C1. The van der Waals surface area contributed by atoms with Crippen molar-refractivity contribution in [3.8, 4) is 0 Å². The molecule has 5 rings (SSSR count). The number of carbonyl (C=O) groups is 2. The molecule has 5 nitrogen and oxygen atoms in total. The van der Waals surface area contributed by atoms with Gasteiger partial charge in [0.15, 0.2) is 0 Å². The van der Waals surface area contributed by atoms with Crippen LogP contribution in [-0.2, 0) is 4.79 Å². The lowest BCUT2D eigenvalue weighted by Gasteiger charge is -2.41. The van der Waals surface area contributed by atoms with Gasteiger partial charge in [0.1, 0.15) is 0 Å². The fourth-order valence-corrected chi connectivity index (χ4v) is 5.78. The molecule has 2 aromatic carbocycles. The van der Waals surface area contributed by atoms with Crippen LogP contribution in [0.15, 0.2) is 42.5 Å². The molecule has 1 unspecified atom stereocenters. The standard InChI is InChI=1S/C26H33N3O2/c30-25(28-17-15-27(16-18-28)22-10-2-3-11-22)21-9-6-14-29(19-21)26(31)24-13-5-8-20-7-1-4-12-23(20)24/h1,4-5,7-8,12-13,21-22H,2-3,6,9-11,14-19H2. The first kappa shape index (κ1) is 20.5. The topological polar surface area (TPSA) is 43.9 Å². The molecule has 2 saturated heterocycles. The second-order valence-corrected chi connectivity index (χ2v) is 9.42. The third kappa shape index (κ3) is 4.20. The van der Waals surface area contributed by atoms with E-state index in [1.54, 1.807) is 0 Å². The van der Waals surface area contributed by atoms with E-state index in [4.69, 9.17) is 0 Å². The van der Waals surface area contributed by atoms with Gasteiger partial charge in [-0.2, -0.15) is 0 Å². The van der Waals surface area contributed by atoms with Crippen molar-refractivity contribution in [2.24, 2.45) is 5.92 Å². The molecule has 1 atom stereocenters. The monoisotopic (exact) mass is 419 g/mol. The zero-order valence-electron chi connectivity index (χ0n) is 18.3. The van der Waals surface area contributed by atoms with Crippen molar-refractivity contribution in [1.82, 2.24) is 14.7 Å². The van der Waals surface area contributed by atoms with Gasteiger partial charge in [-0.15, -0.1) is 0 Å². The van der Waals surface area contributed by atoms with Crippen LogP contribution in [0.25, 0.3) is 10.8 Å². The lowest BCUT2D eigenvalue weighted by molar-refractivity contribution is -0.139. The van der Waals surface area contributed by atoms with Gasteiger partial charge < -0.3 is 9.80 Å². The minimum atomic E-state index is -0.0642. The minimum absolute atomic E-state index is 0.0559. The van der Waals surface area contributed by atoms with E-state index in [1.807, 2.05) is 47.4 Å². The Balaban J connectivity index is 1.23. The minimum Gasteiger partial charge on any atom is -0.340 e. The first-order chi connectivity index (χ1) is 15.2. The molecular formula is C26H33N3O2. The number of hydrogen-bond donors (Lipinski definition) is 0. The Labute approximate surface area is 185 Å². The van der Waals surface area contributed by atoms with Crippen LogP contribution in [0.1, 0.15) is 48.9 Å². The van der Waals surface area contributed by atoms with Crippen molar-refractivity contribution < 1.29 is 9.59 Å². The number of rotatable bonds is 3. The quantitative estimate of drug-likeness (QED) is 0.761. The number of benzene rings is 2. The first-order valence-corrected chi connectivity index (χ1v) is 12.0. The molecule has 0 bridgehead atoms. The molecule has 31 heavy (non-hydrogen) atoms. The number of amides is 2. The summed E-state index contributed by atoms with van der Waals surface area (Å²) in [6, 6.07) is 14.7. The van der Waals surface area contributed by atoms with Crippen molar-refractivity contribution in [2.45, 2.75) is 44.6 Å². The molecule has 1 aliphatic carbocycles. The summed E-state index contributed by atoms with van der Waals surface area (Å²) < 4.78 is 0. The van der Waals surface area contributed by atoms with Crippen LogP contribution in [0.5, 0.6) is 0 Å². The molecule has 3 aliphatic rings. The molecule has 2 aromatic rings. The highest BCUT2D eigenvalue weighted by Gasteiger charge is 2.34. The Morgan fingerprint density at radius 3 is 2.29 bits per heavy atom. The number of fused-ring (bicyclic) bond motifs is 1. The third-order valence-electron chi connectivity index (χ3n) is 7.54. The fraction of sp³-hybridized carbons (Fsp3) is 0.538. The molecule has 2 amide bonds. The van der Waals surface area contributed by atoms with E-state index in [0.29, 0.717) is 6.54 Å². The Morgan fingerprint density at radius 2 is 1.48 bits per heavy atom. The summed E-state index contributed by atoms with van der Waals surface area (Å²) >= 11 is 0. The van der Waals surface area contributed by atoms with Gasteiger partial charge in [0.25, 0.3) is 5.91 Å². The van der Waals surface area contributed by atoms with E-state index < -0.39 is 0 Å². The average Bonchev–Trinajstić information content (AvgIpc) is 3.38. The number of hydrogen-bond acceptors (Lipinski definition) is 3. The molecule has 0 spiro atoms. The number of nitrogens with zero attached hydrogens (tertiary/aromatic N) is 3. The van der Waals surface area contributed by atoms with Crippen molar-refractivity contribution in [3.63, 3.8) is 0 Å². The van der Waals surface area contributed by atoms with Crippen LogP contribution in [-0.4, -0.2) is 71.8 Å². The second-order valence-electron chi connectivity index (χ2n) is 9.42. The van der Waals surface area contributed by atoms with Gasteiger partial charge in [0.2, 0.25) is 5.91 Å². The molecule has 5 heteroatoms. The maximum Gasteiger partial charge on any atom is 0.254 e. The van der Waals surface area contributed by atoms with Crippen molar-refractivity contribution >= 4 is 22.6 Å². The molecule has 0 N–H and O–H groups in total. The summed E-state index contributed by atoms with van der Waals surface area (Å²) in [5.41, 5.74) is 0.747. The van der Waals surface area contributed by atoms with E-state index in [1.165, 1.54) is 25.7 Å². The first-order valence-electron chi connectivity index (χ1n) is 12.0. The maximum absolute atomic E-state index is 13.3. The summed E-state index contributed by atoms with van der Waals surface area (Å²) in [5, 5.41) is 2.07. The molecule has 2 heterocycles.